The first kappa shape index (κ1) is 14.8. The second-order valence-electron chi connectivity index (χ2n) is 4.55. The van der Waals surface area contributed by atoms with Crippen LogP contribution in [0.5, 0.6) is 0 Å². The zero-order chi connectivity index (χ0) is 14.0. The Morgan fingerprint density at radius 3 is 2.58 bits per heavy atom. The number of thiophene rings is 1. The molecule has 0 aliphatic carbocycles. The van der Waals surface area contributed by atoms with E-state index in [1.54, 1.807) is 17.4 Å². The molecular weight excluding hydrogens is 299 g/mol. The van der Waals surface area contributed by atoms with Gasteiger partial charge in [-0.2, -0.15) is 0 Å². The summed E-state index contributed by atoms with van der Waals surface area (Å²) in [5.74, 6) is 5.68. The van der Waals surface area contributed by atoms with Crippen molar-refractivity contribution in [2.75, 3.05) is 0 Å². The monoisotopic (exact) mass is 314 g/mol. The minimum Gasteiger partial charge on any atom is -0.271 e. The molecule has 0 spiro atoms. The van der Waals surface area contributed by atoms with Gasteiger partial charge in [-0.1, -0.05) is 23.2 Å². The van der Waals surface area contributed by atoms with E-state index in [4.69, 9.17) is 29.0 Å². The summed E-state index contributed by atoms with van der Waals surface area (Å²) in [6.07, 6.45) is 0.718. The molecule has 19 heavy (non-hydrogen) atoms. The minimum absolute atomic E-state index is 0.0494. The number of halogens is 2. The van der Waals surface area contributed by atoms with Crippen LogP contribution in [-0.4, -0.2) is 0 Å². The summed E-state index contributed by atoms with van der Waals surface area (Å²) < 4.78 is 0. The smallest absolute Gasteiger partial charge is 0.0594 e. The highest BCUT2D eigenvalue weighted by atomic mass is 35.5. The molecule has 0 aliphatic rings. The SMILES string of the molecule is Cc1cc(C(Cc2cc(Cl)ccc2Cl)NN)sc1C. The standard InChI is InChI=1S/C14H16Cl2N2S/c1-8-5-14(19-9(8)2)13(18-17)7-10-6-11(15)3-4-12(10)16/h3-6,13,18H,7,17H2,1-2H3. The van der Waals surface area contributed by atoms with Crippen molar-refractivity contribution in [1.29, 1.82) is 0 Å². The van der Waals surface area contributed by atoms with Gasteiger partial charge in [-0.3, -0.25) is 11.3 Å². The summed E-state index contributed by atoms with van der Waals surface area (Å²) in [6.45, 7) is 4.22. The van der Waals surface area contributed by atoms with Gasteiger partial charge >= 0.3 is 0 Å². The zero-order valence-corrected chi connectivity index (χ0v) is 13.2. The van der Waals surface area contributed by atoms with Gasteiger partial charge in [0.15, 0.2) is 0 Å². The van der Waals surface area contributed by atoms with Gasteiger partial charge in [0, 0.05) is 19.8 Å². The van der Waals surface area contributed by atoms with Crippen LogP contribution in [-0.2, 0) is 6.42 Å². The number of benzene rings is 1. The van der Waals surface area contributed by atoms with E-state index in [0.29, 0.717) is 5.02 Å². The van der Waals surface area contributed by atoms with Gasteiger partial charge in [-0.25, -0.2) is 0 Å². The Bertz CT molecular complexity index is 561. The first-order valence-electron chi connectivity index (χ1n) is 5.98. The molecule has 2 rings (SSSR count). The van der Waals surface area contributed by atoms with Crippen LogP contribution < -0.4 is 11.3 Å². The molecule has 0 saturated heterocycles. The summed E-state index contributed by atoms with van der Waals surface area (Å²) in [5, 5.41) is 1.41. The lowest BCUT2D eigenvalue weighted by Crippen LogP contribution is -2.29. The maximum atomic E-state index is 6.20. The number of hydrogen-bond acceptors (Lipinski definition) is 3. The topological polar surface area (TPSA) is 38.0 Å². The van der Waals surface area contributed by atoms with Crippen molar-refractivity contribution in [3.05, 3.63) is 55.2 Å². The fourth-order valence-electron chi connectivity index (χ4n) is 1.93. The first-order valence-corrected chi connectivity index (χ1v) is 7.55. The molecule has 0 amide bonds. The van der Waals surface area contributed by atoms with E-state index in [2.05, 4.69) is 25.3 Å². The zero-order valence-electron chi connectivity index (χ0n) is 10.8. The number of nitrogens with two attached hydrogens (primary N) is 1. The molecule has 1 aromatic carbocycles. The highest BCUT2D eigenvalue weighted by Crippen LogP contribution is 2.30. The van der Waals surface area contributed by atoms with Crippen LogP contribution >= 0.6 is 34.5 Å². The van der Waals surface area contributed by atoms with Gasteiger partial charge in [0.05, 0.1) is 6.04 Å². The van der Waals surface area contributed by atoms with E-state index >= 15 is 0 Å². The predicted molar refractivity (Wildman–Crippen MR) is 84.0 cm³/mol. The lowest BCUT2D eigenvalue weighted by Gasteiger charge is -2.15. The van der Waals surface area contributed by atoms with Crippen LogP contribution in [0.3, 0.4) is 0 Å². The second-order valence-corrected chi connectivity index (χ2v) is 6.68. The van der Waals surface area contributed by atoms with E-state index in [1.807, 2.05) is 12.1 Å². The lowest BCUT2D eigenvalue weighted by atomic mass is 10.0. The summed E-state index contributed by atoms with van der Waals surface area (Å²) in [5.41, 5.74) is 5.15. The Balaban J connectivity index is 2.26. The van der Waals surface area contributed by atoms with Crippen LogP contribution in [0.1, 0.15) is 26.9 Å². The Morgan fingerprint density at radius 2 is 2.00 bits per heavy atom. The van der Waals surface area contributed by atoms with E-state index in [9.17, 15) is 0 Å². The minimum atomic E-state index is 0.0494. The van der Waals surface area contributed by atoms with Gasteiger partial charge in [0.2, 0.25) is 0 Å². The molecule has 3 N–H and O–H groups in total. The Hall–Kier alpha value is -0.580. The molecule has 1 heterocycles. The Morgan fingerprint density at radius 1 is 1.26 bits per heavy atom. The molecule has 0 bridgehead atoms. The van der Waals surface area contributed by atoms with Crippen molar-refractivity contribution in [3.63, 3.8) is 0 Å². The fourth-order valence-corrected chi connectivity index (χ4v) is 3.43. The quantitative estimate of drug-likeness (QED) is 0.647. The molecule has 1 atom stereocenters. The lowest BCUT2D eigenvalue weighted by molar-refractivity contribution is 0.560. The number of aryl methyl sites for hydroxylation is 2. The van der Waals surface area contributed by atoms with E-state index in [-0.39, 0.29) is 6.04 Å². The van der Waals surface area contributed by atoms with E-state index < -0.39 is 0 Å². The van der Waals surface area contributed by atoms with Crippen LogP contribution in [0.15, 0.2) is 24.3 Å². The molecule has 2 nitrogen and oxygen atoms in total. The second kappa shape index (κ2) is 6.25. The van der Waals surface area contributed by atoms with Crippen molar-refractivity contribution in [3.8, 4) is 0 Å². The molecule has 0 radical (unpaired) electrons. The molecule has 5 heteroatoms. The van der Waals surface area contributed by atoms with Gasteiger partial charge in [-0.05, 0) is 55.7 Å². The van der Waals surface area contributed by atoms with Crippen LogP contribution in [0, 0.1) is 13.8 Å². The third kappa shape index (κ3) is 3.50. The number of hydrogen-bond donors (Lipinski definition) is 2. The first-order chi connectivity index (χ1) is 9.01. The average molecular weight is 315 g/mol. The highest BCUT2D eigenvalue weighted by molar-refractivity contribution is 7.12. The Labute approximate surface area is 127 Å². The van der Waals surface area contributed by atoms with E-state index in [0.717, 1.165) is 17.0 Å². The fraction of sp³-hybridized carbons (Fsp3) is 0.286. The van der Waals surface area contributed by atoms with Gasteiger partial charge in [-0.15, -0.1) is 11.3 Å². The molecule has 0 saturated carbocycles. The number of hydrazine groups is 1. The van der Waals surface area contributed by atoms with Crippen LogP contribution in [0.25, 0.3) is 0 Å². The van der Waals surface area contributed by atoms with Crippen molar-refractivity contribution in [1.82, 2.24) is 5.43 Å². The maximum absolute atomic E-state index is 6.20. The number of rotatable bonds is 4. The van der Waals surface area contributed by atoms with Crippen LogP contribution in [0.4, 0.5) is 0 Å². The van der Waals surface area contributed by atoms with Crippen LogP contribution in [0.2, 0.25) is 10.0 Å². The third-order valence-corrected chi connectivity index (χ3v) is 5.03. The van der Waals surface area contributed by atoms with E-state index in [1.165, 1.54) is 15.3 Å². The molecule has 1 unspecified atom stereocenters. The highest BCUT2D eigenvalue weighted by Gasteiger charge is 2.16. The third-order valence-electron chi connectivity index (χ3n) is 3.16. The average Bonchev–Trinajstić information content (AvgIpc) is 2.70. The molecule has 1 aromatic heterocycles. The van der Waals surface area contributed by atoms with Crippen molar-refractivity contribution in [2.24, 2.45) is 5.84 Å². The molecule has 0 aliphatic heterocycles. The summed E-state index contributed by atoms with van der Waals surface area (Å²) in [6, 6.07) is 7.72. The largest absolute Gasteiger partial charge is 0.271 e. The van der Waals surface area contributed by atoms with Gasteiger partial charge in [0.1, 0.15) is 0 Å². The number of nitrogens with one attached hydrogen (secondary N) is 1. The van der Waals surface area contributed by atoms with Crippen molar-refractivity contribution >= 4 is 34.5 Å². The maximum Gasteiger partial charge on any atom is 0.0594 e. The van der Waals surface area contributed by atoms with Gasteiger partial charge < -0.3 is 0 Å². The molecule has 102 valence electrons. The normalized spacial score (nSPS) is 12.7. The van der Waals surface area contributed by atoms with Crippen molar-refractivity contribution in [2.45, 2.75) is 26.3 Å². The Kier molecular flexibility index (Phi) is 4.87. The predicted octanol–water partition coefficient (Wildman–Crippen LogP) is 4.42. The summed E-state index contributed by atoms with van der Waals surface area (Å²) >= 11 is 14.0. The summed E-state index contributed by atoms with van der Waals surface area (Å²) in [4.78, 5) is 2.53. The molecule has 0 fully saturated rings. The van der Waals surface area contributed by atoms with Gasteiger partial charge in [0.25, 0.3) is 0 Å². The summed E-state index contributed by atoms with van der Waals surface area (Å²) in [7, 11) is 0. The molecular formula is C14H16Cl2N2S. The molecule has 2 aromatic rings. The van der Waals surface area contributed by atoms with Crippen molar-refractivity contribution < 1.29 is 0 Å².